The maximum absolute atomic E-state index is 11.9. The summed E-state index contributed by atoms with van der Waals surface area (Å²) >= 11 is 0. The number of nitro benzene ring substituents is 1. The molecule has 1 N–H and O–H groups in total. The molecule has 0 radical (unpaired) electrons. The summed E-state index contributed by atoms with van der Waals surface area (Å²) in [5.74, 6) is -0.477. The minimum atomic E-state index is -0.951. The Labute approximate surface area is 141 Å². The van der Waals surface area contributed by atoms with E-state index in [2.05, 4.69) is 5.32 Å². The molecule has 128 valence electrons. The predicted octanol–water partition coefficient (Wildman–Crippen LogP) is 2.12. The predicted molar refractivity (Wildman–Crippen MR) is 84.6 cm³/mol. The fraction of sp³-hybridized carbons (Fsp3) is 0.125. The van der Waals surface area contributed by atoms with Crippen molar-refractivity contribution in [3.05, 3.63) is 58.1 Å². The Balaban J connectivity index is 1.59. The number of anilines is 1. The number of ether oxygens (including phenoxy) is 3. The van der Waals surface area contributed by atoms with Crippen LogP contribution in [0.25, 0.3) is 0 Å². The number of benzene rings is 2. The van der Waals surface area contributed by atoms with Crippen molar-refractivity contribution in [1.29, 1.82) is 0 Å². The van der Waals surface area contributed by atoms with Gasteiger partial charge < -0.3 is 19.5 Å². The molecule has 0 fully saturated rings. The number of nitrogens with zero attached hydrogens (tertiary/aromatic N) is 1. The van der Waals surface area contributed by atoms with E-state index in [4.69, 9.17) is 14.2 Å². The van der Waals surface area contributed by atoms with Gasteiger partial charge in [-0.05, 0) is 18.2 Å². The van der Waals surface area contributed by atoms with Gasteiger partial charge in [-0.15, -0.1) is 0 Å². The molecule has 9 heteroatoms. The van der Waals surface area contributed by atoms with Crippen LogP contribution >= 0.6 is 0 Å². The molecule has 1 aliphatic rings. The van der Waals surface area contributed by atoms with Gasteiger partial charge in [0.25, 0.3) is 11.6 Å². The van der Waals surface area contributed by atoms with Crippen molar-refractivity contribution in [3.63, 3.8) is 0 Å². The van der Waals surface area contributed by atoms with E-state index in [0.717, 1.165) is 0 Å². The summed E-state index contributed by atoms with van der Waals surface area (Å²) in [6.45, 7) is -0.473. The highest BCUT2D eigenvalue weighted by Crippen LogP contribution is 2.34. The summed E-state index contributed by atoms with van der Waals surface area (Å²) in [4.78, 5) is 34.0. The number of esters is 1. The topological polar surface area (TPSA) is 117 Å². The standard InChI is InChI=1S/C16H12N2O7/c19-15(17-10-5-6-13-14(7-10)25-9-24-13)8-23-16(20)11-3-1-2-4-12(11)18(21)22/h1-7H,8-9H2,(H,17,19). The van der Waals surface area contributed by atoms with Crippen molar-refractivity contribution < 1.29 is 28.7 Å². The van der Waals surface area contributed by atoms with Crippen LogP contribution < -0.4 is 14.8 Å². The lowest BCUT2D eigenvalue weighted by Gasteiger charge is -2.07. The number of rotatable bonds is 5. The van der Waals surface area contributed by atoms with Crippen molar-refractivity contribution in [3.8, 4) is 11.5 Å². The Morgan fingerprint density at radius 1 is 1.16 bits per heavy atom. The average molecular weight is 344 g/mol. The number of nitrogens with one attached hydrogen (secondary N) is 1. The number of amides is 1. The molecule has 9 nitrogen and oxygen atoms in total. The number of fused-ring (bicyclic) bond motifs is 1. The van der Waals surface area contributed by atoms with E-state index in [1.54, 1.807) is 18.2 Å². The molecule has 0 aliphatic carbocycles. The number of hydrogen-bond acceptors (Lipinski definition) is 7. The summed E-state index contributed by atoms with van der Waals surface area (Å²) in [7, 11) is 0. The minimum Gasteiger partial charge on any atom is -0.454 e. The summed E-state index contributed by atoms with van der Waals surface area (Å²) in [5.41, 5.74) is -0.164. The van der Waals surface area contributed by atoms with Gasteiger partial charge in [0.15, 0.2) is 18.1 Å². The van der Waals surface area contributed by atoms with Crippen LogP contribution in [0, 0.1) is 10.1 Å². The lowest BCUT2D eigenvalue weighted by atomic mass is 10.2. The molecular formula is C16H12N2O7. The first kappa shape index (κ1) is 16.2. The fourth-order valence-corrected chi connectivity index (χ4v) is 2.19. The van der Waals surface area contributed by atoms with Crippen LogP contribution in [0.2, 0.25) is 0 Å². The molecule has 0 bridgehead atoms. The van der Waals surface area contributed by atoms with E-state index in [1.807, 2.05) is 0 Å². The third-order valence-corrected chi connectivity index (χ3v) is 3.31. The molecule has 0 saturated carbocycles. The molecule has 0 saturated heterocycles. The van der Waals surface area contributed by atoms with Crippen molar-refractivity contribution in [1.82, 2.24) is 0 Å². The largest absolute Gasteiger partial charge is 0.454 e. The van der Waals surface area contributed by atoms with Crippen LogP contribution in [0.15, 0.2) is 42.5 Å². The zero-order valence-corrected chi connectivity index (χ0v) is 12.8. The molecule has 0 spiro atoms. The highest BCUT2D eigenvalue weighted by atomic mass is 16.7. The normalized spacial score (nSPS) is 11.7. The second kappa shape index (κ2) is 6.87. The summed E-state index contributed by atoms with van der Waals surface area (Å²) < 4.78 is 15.2. The van der Waals surface area contributed by atoms with Crippen molar-refractivity contribution >= 4 is 23.3 Å². The Bertz CT molecular complexity index is 850. The molecule has 1 aliphatic heterocycles. The Kier molecular flexibility index (Phi) is 4.46. The van der Waals surface area contributed by atoms with Crippen LogP contribution in [0.5, 0.6) is 11.5 Å². The van der Waals surface area contributed by atoms with Crippen LogP contribution in [-0.4, -0.2) is 30.2 Å². The number of carbonyl (C=O) groups excluding carboxylic acids is 2. The Hall–Kier alpha value is -3.62. The third-order valence-electron chi connectivity index (χ3n) is 3.31. The molecule has 25 heavy (non-hydrogen) atoms. The maximum Gasteiger partial charge on any atom is 0.345 e. The molecule has 0 unspecified atom stereocenters. The Morgan fingerprint density at radius 3 is 2.72 bits per heavy atom. The smallest absolute Gasteiger partial charge is 0.345 e. The molecule has 0 atom stereocenters. The molecule has 0 aromatic heterocycles. The maximum atomic E-state index is 11.9. The van der Waals surface area contributed by atoms with Gasteiger partial charge in [0.05, 0.1) is 4.92 Å². The molecule has 3 rings (SSSR count). The van der Waals surface area contributed by atoms with Crippen molar-refractivity contribution in [2.45, 2.75) is 0 Å². The average Bonchev–Trinajstić information content (AvgIpc) is 3.07. The lowest BCUT2D eigenvalue weighted by molar-refractivity contribution is -0.385. The van der Waals surface area contributed by atoms with Crippen molar-refractivity contribution in [2.75, 3.05) is 18.7 Å². The van der Waals surface area contributed by atoms with E-state index in [1.165, 1.54) is 24.3 Å². The quantitative estimate of drug-likeness (QED) is 0.501. The minimum absolute atomic E-state index is 0.111. The molecular weight excluding hydrogens is 332 g/mol. The highest BCUT2D eigenvalue weighted by Gasteiger charge is 2.21. The van der Waals surface area contributed by atoms with Crippen molar-refractivity contribution in [2.24, 2.45) is 0 Å². The van der Waals surface area contributed by atoms with Crippen LogP contribution in [-0.2, 0) is 9.53 Å². The van der Waals surface area contributed by atoms with Gasteiger partial charge in [0.2, 0.25) is 6.79 Å². The zero-order valence-electron chi connectivity index (χ0n) is 12.8. The first-order valence-electron chi connectivity index (χ1n) is 7.14. The van der Waals surface area contributed by atoms with Crippen LogP contribution in [0.1, 0.15) is 10.4 Å². The summed E-state index contributed by atoms with van der Waals surface area (Å²) in [6.07, 6.45) is 0. The monoisotopic (exact) mass is 344 g/mol. The first-order valence-corrected chi connectivity index (χ1v) is 7.14. The van der Waals surface area contributed by atoms with E-state index in [0.29, 0.717) is 17.2 Å². The third kappa shape index (κ3) is 3.66. The molecule has 1 amide bonds. The zero-order chi connectivity index (χ0) is 17.8. The van der Waals surface area contributed by atoms with Crippen LogP contribution in [0.4, 0.5) is 11.4 Å². The number of carbonyl (C=O) groups is 2. The van der Waals surface area contributed by atoms with Crippen LogP contribution in [0.3, 0.4) is 0 Å². The van der Waals surface area contributed by atoms with E-state index in [9.17, 15) is 19.7 Å². The SMILES string of the molecule is O=C(COC(=O)c1ccccc1[N+](=O)[O-])Nc1ccc2c(c1)OCO2. The molecule has 2 aromatic rings. The van der Waals surface area contributed by atoms with Gasteiger partial charge in [-0.3, -0.25) is 14.9 Å². The van der Waals surface area contributed by atoms with E-state index < -0.39 is 23.4 Å². The van der Waals surface area contributed by atoms with Gasteiger partial charge in [-0.25, -0.2) is 4.79 Å². The number of hydrogen-bond donors (Lipinski definition) is 1. The summed E-state index contributed by atoms with van der Waals surface area (Å²) in [5, 5.41) is 13.4. The van der Waals surface area contributed by atoms with Gasteiger partial charge in [0.1, 0.15) is 5.56 Å². The van der Waals surface area contributed by atoms with Gasteiger partial charge in [-0.1, -0.05) is 12.1 Å². The van der Waals surface area contributed by atoms with Gasteiger partial charge in [-0.2, -0.15) is 0 Å². The number of para-hydroxylation sites is 1. The second-order valence-corrected chi connectivity index (χ2v) is 4.97. The molecule has 2 aromatic carbocycles. The lowest BCUT2D eigenvalue weighted by Crippen LogP contribution is -2.21. The number of nitro groups is 1. The van der Waals surface area contributed by atoms with Gasteiger partial charge in [0, 0.05) is 17.8 Å². The molecule has 1 heterocycles. The highest BCUT2D eigenvalue weighted by molar-refractivity contribution is 5.97. The fourth-order valence-electron chi connectivity index (χ4n) is 2.19. The second-order valence-electron chi connectivity index (χ2n) is 4.97. The Morgan fingerprint density at radius 2 is 1.92 bits per heavy atom. The first-order chi connectivity index (χ1) is 12.0. The summed E-state index contributed by atoms with van der Waals surface area (Å²) in [6, 6.07) is 10.2. The van der Waals surface area contributed by atoms with E-state index >= 15 is 0 Å². The van der Waals surface area contributed by atoms with E-state index in [-0.39, 0.29) is 18.0 Å². The van der Waals surface area contributed by atoms with Gasteiger partial charge >= 0.3 is 5.97 Å².